The van der Waals surface area contributed by atoms with Crippen LogP contribution in [0.1, 0.15) is 42.4 Å². The van der Waals surface area contributed by atoms with Gasteiger partial charge in [0.25, 0.3) is 0 Å². The Morgan fingerprint density at radius 2 is 1.77 bits per heavy atom. The van der Waals surface area contributed by atoms with Crippen molar-refractivity contribution in [2.24, 2.45) is 5.73 Å². The Morgan fingerprint density at radius 3 is 2.55 bits per heavy atom. The van der Waals surface area contributed by atoms with Crippen molar-refractivity contribution in [2.45, 2.75) is 50.7 Å². The maximum absolute atomic E-state index is 6.86. The predicted molar refractivity (Wildman–Crippen MR) is 92.6 cm³/mol. The number of nitrogens with two attached hydrogens (primary N) is 1. The zero-order chi connectivity index (χ0) is 15.4. The van der Waals surface area contributed by atoms with E-state index in [2.05, 4.69) is 66.8 Å². The third kappa shape index (κ3) is 3.08. The maximum Gasteiger partial charge on any atom is 0.0565 e. The largest absolute Gasteiger partial charge is 0.320 e. The first kappa shape index (κ1) is 15.3. The quantitative estimate of drug-likeness (QED) is 0.898. The van der Waals surface area contributed by atoms with Crippen molar-refractivity contribution < 1.29 is 0 Å². The molecular formula is C20H26N2. The normalized spacial score (nSPS) is 25.1. The van der Waals surface area contributed by atoms with Gasteiger partial charge in [-0.05, 0) is 36.5 Å². The minimum absolute atomic E-state index is 0.248. The van der Waals surface area contributed by atoms with Gasteiger partial charge in [0.05, 0.1) is 5.54 Å². The number of hydrogen-bond acceptors (Lipinski definition) is 2. The number of nitrogens with one attached hydrogen (secondary N) is 1. The Kier molecular flexibility index (Phi) is 4.60. The highest BCUT2D eigenvalue weighted by atomic mass is 15.0. The summed E-state index contributed by atoms with van der Waals surface area (Å²) in [7, 11) is 0. The molecule has 0 heterocycles. The Balaban J connectivity index is 1.77. The van der Waals surface area contributed by atoms with E-state index < -0.39 is 0 Å². The minimum Gasteiger partial charge on any atom is -0.320 e. The lowest BCUT2D eigenvalue weighted by Crippen LogP contribution is -2.56. The summed E-state index contributed by atoms with van der Waals surface area (Å²) in [4.78, 5) is 0. The molecule has 1 fully saturated rings. The van der Waals surface area contributed by atoms with Crippen LogP contribution in [-0.4, -0.2) is 6.04 Å². The second kappa shape index (κ2) is 6.64. The first-order valence-corrected chi connectivity index (χ1v) is 8.32. The van der Waals surface area contributed by atoms with Gasteiger partial charge in [-0.15, -0.1) is 0 Å². The van der Waals surface area contributed by atoms with E-state index in [-0.39, 0.29) is 5.54 Å². The topological polar surface area (TPSA) is 38.0 Å². The fourth-order valence-corrected chi connectivity index (χ4v) is 3.62. The molecule has 1 aliphatic carbocycles. The summed E-state index contributed by atoms with van der Waals surface area (Å²) >= 11 is 0. The van der Waals surface area contributed by atoms with Crippen LogP contribution in [0, 0.1) is 6.92 Å². The highest BCUT2D eigenvalue weighted by Crippen LogP contribution is 2.35. The van der Waals surface area contributed by atoms with Gasteiger partial charge in [-0.2, -0.15) is 0 Å². The van der Waals surface area contributed by atoms with Crippen molar-refractivity contribution in [1.82, 2.24) is 5.32 Å². The summed E-state index contributed by atoms with van der Waals surface area (Å²) in [6.07, 6.45) is 4.69. The first-order chi connectivity index (χ1) is 10.7. The van der Waals surface area contributed by atoms with Gasteiger partial charge >= 0.3 is 0 Å². The lowest BCUT2D eigenvalue weighted by atomic mass is 9.73. The fraction of sp³-hybridized carbons (Fsp3) is 0.400. The Hall–Kier alpha value is -1.64. The van der Waals surface area contributed by atoms with Crippen molar-refractivity contribution in [2.75, 3.05) is 0 Å². The molecule has 1 aliphatic rings. The van der Waals surface area contributed by atoms with Gasteiger partial charge in [-0.3, -0.25) is 0 Å². The molecule has 0 aromatic heterocycles. The van der Waals surface area contributed by atoms with E-state index in [1.165, 1.54) is 29.5 Å². The molecule has 1 saturated carbocycles. The van der Waals surface area contributed by atoms with E-state index in [0.717, 1.165) is 19.4 Å². The molecule has 2 atom stereocenters. The highest BCUT2D eigenvalue weighted by molar-refractivity contribution is 5.28. The molecule has 2 unspecified atom stereocenters. The average Bonchev–Trinajstić information content (AvgIpc) is 2.56. The van der Waals surface area contributed by atoms with Crippen LogP contribution in [-0.2, 0) is 12.1 Å². The van der Waals surface area contributed by atoms with E-state index in [4.69, 9.17) is 5.73 Å². The minimum atomic E-state index is -0.248. The van der Waals surface area contributed by atoms with E-state index in [1.54, 1.807) is 0 Å². The monoisotopic (exact) mass is 294 g/mol. The van der Waals surface area contributed by atoms with Crippen LogP contribution in [0.25, 0.3) is 0 Å². The number of benzene rings is 2. The molecular weight excluding hydrogens is 268 g/mol. The van der Waals surface area contributed by atoms with E-state index in [0.29, 0.717) is 6.04 Å². The fourth-order valence-electron chi connectivity index (χ4n) is 3.62. The van der Waals surface area contributed by atoms with Crippen molar-refractivity contribution in [1.29, 1.82) is 0 Å². The van der Waals surface area contributed by atoms with Crippen molar-refractivity contribution in [3.05, 3.63) is 71.3 Å². The lowest BCUT2D eigenvalue weighted by Gasteiger charge is -2.42. The summed E-state index contributed by atoms with van der Waals surface area (Å²) in [5, 5.41) is 3.74. The third-order valence-electron chi connectivity index (χ3n) is 5.07. The zero-order valence-electron chi connectivity index (χ0n) is 13.4. The number of aryl methyl sites for hydroxylation is 1. The highest BCUT2D eigenvalue weighted by Gasteiger charge is 2.38. The van der Waals surface area contributed by atoms with Crippen molar-refractivity contribution in [3.8, 4) is 0 Å². The number of hydrogen-bond donors (Lipinski definition) is 2. The molecule has 0 aliphatic heterocycles. The van der Waals surface area contributed by atoms with Crippen LogP contribution >= 0.6 is 0 Å². The molecule has 2 heteroatoms. The number of rotatable bonds is 4. The first-order valence-electron chi connectivity index (χ1n) is 8.32. The van der Waals surface area contributed by atoms with Crippen LogP contribution in [0.4, 0.5) is 0 Å². The van der Waals surface area contributed by atoms with Gasteiger partial charge in [-0.1, -0.05) is 67.4 Å². The summed E-state index contributed by atoms with van der Waals surface area (Å²) in [5.74, 6) is 0. The summed E-state index contributed by atoms with van der Waals surface area (Å²) in [6.45, 7) is 3.06. The van der Waals surface area contributed by atoms with Crippen LogP contribution in [0.2, 0.25) is 0 Å². The molecule has 2 aromatic carbocycles. The third-order valence-corrected chi connectivity index (χ3v) is 5.07. The average molecular weight is 294 g/mol. The lowest BCUT2D eigenvalue weighted by molar-refractivity contribution is 0.215. The van der Waals surface area contributed by atoms with E-state index in [9.17, 15) is 0 Å². The second-order valence-corrected chi connectivity index (χ2v) is 6.51. The maximum atomic E-state index is 6.86. The van der Waals surface area contributed by atoms with Gasteiger partial charge in [0.2, 0.25) is 0 Å². The smallest absolute Gasteiger partial charge is 0.0565 e. The molecule has 116 valence electrons. The Bertz CT molecular complexity index is 608. The molecule has 0 amide bonds. The van der Waals surface area contributed by atoms with Gasteiger partial charge in [0, 0.05) is 12.6 Å². The van der Waals surface area contributed by atoms with Crippen LogP contribution in [0.15, 0.2) is 54.6 Å². The Morgan fingerprint density at radius 1 is 1.05 bits per heavy atom. The summed E-state index contributed by atoms with van der Waals surface area (Å²) in [6, 6.07) is 19.5. The predicted octanol–water partition coefficient (Wildman–Crippen LogP) is 3.88. The molecule has 3 rings (SSSR count). The molecule has 3 N–H and O–H groups in total. The van der Waals surface area contributed by atoms with Crippen LogP contribution in [0.5, 0.6) is 0 Å². The van der Waals surface area contributed by atoms with Gasteiger partial charge < -0.3 is 11.1 Å². The molecule has 22 heavy (non-hydrogen) atoms. The SMILES string of the molecule is Cc1ccccc1CNC1CCCCC1(N)c1ccccc1. The van der Waals surface area contributed by atoms with Crippen LogP contribution < -0.4 is 11.1 Å². The van der Waals surface area contributed by atoms with Crippen LogP contribution in [0.3, 0.4) is 0 Å². The summed E-state index contributed by atoms with van der Waals surface area (Å²) in [5.41, 5.74) is 10.6. The van der Waals surface area contributed by atoms with E-state index >= 15 is 0 Å². The standard InChI is InChI=1S/C20H26N2/c1-16-9-5-6-10-17(16)15-22-19-13-7-8-14-20(19,21)18-11-3-2-4-12-18/h2-6,9-12,19,22H,7-8,13-15,21H2,1H3. The van der Waals surface area contributed by atoms with Crippen molar-refractivity contribution in [3.63, 3.8) is 0 Å². The molecule has 0 saturated heterocycles. The molecule has 2 nitrogen and oxygen atoms in total. The molecule has 2 aromatic rings. The zero-order valence-corrected chi connectivity index (χ0v) is 13.4. The molecule has 0 bridgehead atoms. The van der Waals surface area contributed by atoms with Crippen molar-refractivity contribution >= 4 is 0 Å². The molecule has 0 spiro atoms. The van der Waals surface area contributed by atoms with E-state index in [1.807, 2.05) is 0 Å². The summed E-state index contributed by atoms with van der Waals surface area (Å²) < 4.78 is 0. The molecule has 0 radical (unpaired) electrons. The van der Waals surface area contributed by atoms with Gasteiger partial charge in [-0.25, -0.2) is 0 Å². The van der Waals surface area contributed by atoms with Gasteiger partial charge in [0.1, 0.15) is 0 Å². The van der Waals surface area contributed by atoms with Gasteiger partial charge in [0.15, 0.2) is 0 Å². The Labute approximate surface area is 133 Å². The second-order valence-electron chi connectivity index (χ2n) is 6.51.